The number of ketones is 1. The van der Waals surface area contributed by atoms with E-state index in [0.29, 0.717) is 28.2 Å². The van der Waals surface area contributed by atoms with Crippen LogP contribution in [0.4, 0.5) is 17.1 Å². The maximum absolute atomic E-state index is 12.7. The lowest BCUT2D eigenvalue weighted by molar-refractivity contribution is -0.124. The topological polar surface area (TPSA) is 95.6 Å². The maximum atomic E-state index is 12.7. The normalized spacial score (nSPS) is 12.5. The molecule has 1 heterocycles. The third-order valence-electron chi connectivity index (χ3n) is 5.08. The van der Waals surface area contributed by atoms with Gasteiger partial charge in [0, 0.05) is 29.7 Å². The molecule has 1 aliphatic heterocycles. The Morgan fingerprint density at radius 2 is 1.56 bits per heavy atom. The Morgan fingerprint density at radius 3 is 2.38 bits per heavy atom. The molecule has 0 spiro atoms. The quantitative estimate of drug-likeness (QED) is 0.588. The smallest absolute Gasteiger partial charge is 0.244 e. The van der Waals surface area contributed by atoms with Crippen molar-refractivity contribution >= 4 is 40.6 Å². The van der Waals surface area contributed by atoms with Crippen LogP contribution in [0, 0.1) is 0 Å². The number of hydrogen-bond donors (Lipinski definition) is 2. The predicted molar refractivity (Wildman–Crippen MR) is 122 cm³/mol. The fourth-order valence-electron chi connectivity index (χ4n) is 3.53. The van der Waals surface area contributed by atoms with E-state index in [-0.39, 0.29) is 42.9 Å². The minimum absolute atomic E-state index is 0.0456. The Balaban J connectivity index is 1.37. The van der Waals surface area contributed by atoms with Crippen LogP contribution >= 0.6 is 0 Å². The summed E-state index contributed by atoms with van der Waals surface area (Å²) in [6.07, 6.45) is -0.0912. The third-order valence-corrected chi connectivity index (χ3v) is 5.08. The van der Waals surface area contributed by atoms with Crippen LogP contribution < -0.4 is 15.5 Å². The van der Waals surface area contributed by atoms with Gasteiger partial charge in [-0.1, -0.05) is 54.6 Å². The average molecular weight is 427 g/mol. The van der Waals surface area contributed by atoms with E-state index in [1.165, 1.54) is 4.90 Å². The first-order valence-corrected chi connectivity index (χ1v) is 10.2. The first-order valence-electron chi connectivity index (χ1n) is 10.2. The highest BCUT2D eigenvalue weighted by Gasteiger charge is 2.26. The largest absolute Gasteiger partial charge is 0.326 e. The van der Waals surface area contributed by atoms with Crippen molar-refractivity contribution in [2.45, 2.75) is 12.8 Å². The van der Waals surface area contributed by atoms with Crippen molar-refractivity contribution in [1.82, 2.24) is 0 Å². The van der Waals surface area contributed by atoms with Crippen molar-refractivity contribution in [3.05, 3.63) is 90.0 Å². The van der Waals surface area contributed by atoms with E-state index in [4.69, 9.17) is 0 Å². The number of carbonyl (C=O) groups excluding carboxylic acids is 4. The average Bonchev–Trinajstić information content (AvgIpc) is 2.82. The molecule has 2 N–H and O–H groups in total. The molecule has 32 heavy (non-hydrogen) atoms. The highest BCUT2D eigenvalue weighted by molar-refractivity contribution is 6.11. The van der Waals surface area contributed by atoms with E-state index >= 15 is 0 Å². The van der Waals surface area contributed by atoms with Gasteiger partial charge < -0.3 is 15.5 Å². The molecule has 0 aromatic heterocycles. The molecular weight excluding hydrogens is 406 g/mol. The van der Waals surface area contributed by atoms with Crippen LogP contribution in [0.25, 0.3) is 0 Å². The van der Waals surface area contributed by atoms with Gasteiger partial charge in [0.2, 0.25) is 17.7 Å². The summed E-state index contributed by atoms with van der Waals surface area (Å²) in [5.74, 6) is -1.08. The summed E-state index contributed by atoms with van der Waals surface area (Å²) in [7, 11) is 0. The van der Waals surface area contributed by atoms with Crippen LogP contribution in [-0.2, 0) is 14.4 Å². The number of amides is 3. The van der Waals surface area contributed by atoms with Gasteiger partial charge in [0.1, 0.15) is 6.54 Å². The number of anilines is 3. The first-order chi connectivity index (χ1) is 15.5. The molecule has 4 rings (SSSR count). The van der Waals surface area contributed by atoms with Crippen LogP contribution in [0.15, 0.2) is 78.9 Å². The lowest BCUT2D eigenvalue weighted by atomic mass is 10.0. The maximum Gasteiger partial charge on any atom is 0.244 e. The van der Waals surface area contributed by atoms with Crippen LogP contribution in [0.1, 0.15) is 28.8 Å². The van der Waals surface area contributed by atoms with Crippen molar-refractivity contribution < 1.29 is 19.2 Å². The third kappa shape index (κ3) is 4.73. The Hall–Kier alpha value is -4.26. The first kappa shape index (κ1) is 21.0. The van der Waals surface area contributed by atoms with Crippen molar-refractivity contribution in [2.24, 2.45) is 0 Å². The monoisotopic (exact) mass is 427 g/mol. The van der Waals surface area contributed by atoms with Gasteiger partial charge in [0.25, 0.3) is 0 Å². The fourth-order valence-corrected chi connectivity index (χ4v) is 3.53. The molecule has 0 unspecified atom stereocenters. The SMILES string of the molecule is O=C(CCC(=O)N1CC(=O)Nc2ccccc21)Nc1cccc(C(=O)c2ccccc2)c1. The van der Waals surface area contributed by atoms with Crippen LogP contribution in [0.5, 0.6) is 0 Å². The number of hydrogen-bond acceptors (Lipinski definition) is 4. The minimum Gasteiger partial charge on any atom is -0.326 e. The molecule has 1 aliphatic rings. The zero-order chi connectivity index (χ0) is 22.5. The number of carbonyl (C=O) groups is 4. The van der Waals surface area contributed by atoms with Crippen molar-refractivity contribution in [2.75, 3.05) is 22.1 Å². The highest BCUT2D eigenvalue weighted by atomic mass is 16.2. The number of fused-ring (bicyclic) bond motifs is 1. The number of nitrogens with zero attached hydrogens (tertiary/aromatic N) is 1. The summed E-state index contributed by atoms with van der Waals surface area (Å²) in [5, 5.41) is 5.46. The van der Waals surface area contributed by atoms with Crippen molar-refractivity contribution in [1.29, 1.82) is 0 Å². The molecule has 0 saturated heterocycles. The van der Waals surface area contributed by atoms with Gasteiger partial charge in [-0.3, -0.25) is 19.2 Å². The standard InChI is InChI=1S/C25H21N3O4/c29-22(13-14-24(31)28-16-23(30)27-20-11-4-5-12-21(20)28)26-19-10-6-9-18(15-19)25(32)17-7-2-1-3-8-17/h1-12,15H,13-14,16H2,(H,26,29)(H,27,30). The zero-order valence-electron chi connectivity index (χ0n) is 17.2. The number of para-hydroxylation sites is 2. The second-order valence-electron chi connectivity index (χ2n) is 7.37. The van der Waals surface area contributed by atoms with Gasteiger partial charge in [-0.05, 0) is 24.3 Å². The molecule has 0 saturated carbocycles. The number of rotatable bonds is 6. The second kappa shape index (κ2) is 9.26. The zero-order valence-corrected chi connectivity index (χ0v) is 17.2. The van der Waals surface area contributed by atoms with Crippen molar-refractivity contribution in [3.63, 3.8) is 0 Å². The number of benzene rings is 3. The predicted octanol–water partition coefficient (Wildman–Crippen LogP) is 3.62. The van der Waals surface area contributed by atoms with Gasteiger partial charge in [0.05, 0.1) is 11.4 Å². The molecule has 7 nitrogen and oxygen atoms in total. The Bertz CT molecular complexity index is 1190. The summed E-state index contributed by atoms with van der Waals surface area (Å²) in [4.78, 5) is 51.0. The van der Waals surface area contributed by atoms with Crippen LogP contribution in [-0.4, -0.2) is 30.0 Å². The Morgan fingerprint density at radius 1 is 0.844 bits per heavy atom. The van der Waals surface area contributed by atoms with E-state index in [2.05, 4.69) is 10.6 Å². The van der Waals surface area contributed by atoms with E-state index in [0.717, 1.165) is 0 Å². The molecule has 160 valence electrons. The summed E-state index contributed by atoms with van der Waals surface area (Å²) in [6, 6.07) is 22.6. The lowest BCUT2D eigenvalue weighted by Gasteiger charge is -2.29. The van der Waals surface area contributed by atoms with E-state index in [9.17, 15) is 19.2 Å². The summed E-state index contributed by atoms with van der Waals surface area (Å²) in [5.41, 5.74) is 2.69. The summed E-state index contributed by atoms with van der Waals surface area (Å²) < 4.78 is 0. The van der Waals surface area contributed by atoms with Crippen molar-refractivity contribution in [3.8, 4) is 0 Å². The second-order valence-corrected chi connectivity index (χ2v) is 7.37. The Kier molecular flexibility index (Phi) is 6.07. The van der Waals surface area contributed by atoms with Gasteiger partial charge in [0.15, 0.2) is 5.78 Å². The molecule has 0 aliphatic carbocycles. The van der Waals surface area contributed by atoms with Gasteiger partial charge in [-0.2, -0.15) is 0 Å². The molecule has 7 heteroatoms. The van der Waals surface area contributed by atoms with Gasteiger partial charge in [-0.25, -0.2) is 0 Å². The Labute approximate surface area is 185 Å². The van der Waals surface area contributed by atoms with E-state index < -0.39 is 0 Å². The molecule has 3 aromatic rings. The number of nitrogens with one attached hydrogen (secondary N) is 2. The van der Waals surface area contributed by atoms with Crippen LogP contribution in [0.3, 0.4) is 0 Å². The van der Waals surface area contributed by atoms with E-state index in [1.54, 1.807) is 72.8 Å². The molecule has 3 amide bonds. The summed E-state index contributed by atoms with van der Waals surface area (Å²) >= 11 is 0. The molecule has 0 fully saturated rings. The molecule has 0 radical (unpaired) electrons. The van der Waals surface area contributed by atoms with Crippen LogP contribution in [0.2, 0.25) is 0 Å². The molecule has 3 aromatic carbocycles. The molecule has 0 bridgehead atoms. The molecular formula is C25H21N3O4. The molecule has 0 atom stereocenters. The summed E-state index contributed by atoms with van der Waals surface area (Å²) in [6.45, 7) is -0.0822. The van der Waals surface area contributed by atoms with Gasteiger partial charge in [-0.15, -0.1) is 0 Å². The minimum atomic E-state index is -0.350. The lowest BCUT2D eigenvalue weighted by Crippen LogP contribution is -2.42. The highest BCUT2D eigenvalue weighted by Crippen LogP contribution is 2.29. The van der Waals surface area contributed by atoms with E-state index in [1.807, 2.05) is 6.07 Å². The fraction of sp³-hybridized carbons (Fsp3) is 0.120. The van der Waals surface area contributed by atoms with Gasteiger partial charge >= 0.3 is 0 Å².